The van der Waals surface area contributed by atoms with E-state index in [2.05, 4.69) is 35.6 Å². The monoisotopic (exact) mass is 624 g/mol. The Morgan fingerprint density at radius 3 is 2.41 bits per heavy atom. The van der Waals surface area contributed by atoms with Crippen molar-refractivity contribution in [3.05, 3.63) is 96.1 Å². The molecule has 0 spiro atoms. The van der Waals surface area contributed by atoms with Gasteiger partial charge in [0.2, 0.25) is 11.8 Å². The molecule has 5 aromatic rings. The van der Waals surface area contributed by atoms with Crippen molar-refractivity contribution in [1.82, 2.24) is 49.9 Å². The largest absolute Gasteiger partial charge is 0.474 e. The van der Waals surface area contributed by atoms with Gasteiger partial charge in [0.15, 0.2) is 0 Å². The molecule has 2 amide bonds. The fourth-order valence-electron chi connectivity index (χ4n) is 5.83. The first kappa shape index (κ1) is 29.0. The summed E-state index contributed by atoms with van der Waals surface area (Å²) in [6.07, 6.45) is 6.62. The van der Waals surface area contributed by atoms with Gasteiger partial charge in [0.25, 0.3) is 5.91 Å². The van der Waals surface area contributed by atoms with Crippen LogP contribution in [0.4, 0.5) is 9.18 Å². The maximum absolute atomic E-state index is 13.8. The van der Waals surface area contributed by atoms with E-state index in [4.69, 9.17) is 4.74 Å². The molecule has 1 aliphatic carbocycles. The van der Waals surface area contributed by atoms with Crippen LogP contribution in [0.5, 0.6) is 5.88 Å². The molecule has 0 unspecified atom stereocenters. The van der Waals surface area contributed by atoms with Crippen LogP contribution in [0.15, 0.2) is 73.4 Å². The summed E-state index contributed by atoms with van der Waals surface area (Å²) in [5.74, 6) is 0.309. The van der Waals surface area contributed by atoms with Gasteiger partial charge in [-0.15, -0.1) is 0 Å². The summed E-state index contributed by atoms with van der Waals surface area (Å²) in [4.78, 5) is 41.7. The van der Waals surface area contributed by atoms with Gasteiger partial charge >= 0.3 is 6.09 Å². The van der Waals surface area contributed by atoms with Gasteiger partial charge in [0.05, 0.1) is 34.9 Å². The Labute approximate surface area is 261 Å². The van der Waals surface area contributed by atoms with E-state index in [-0.39, 0.29) is 36.2 Å². The Morgan fingerprint density at radius 2 is 1.74 bits per heavy atom. The summed E-state index contributed by atoms with van der Waals surface area (Å²) in [6, 6.07) is 11.1. The molecule has 46 heavy (non-hydrogen) atoms. The summed E-state index contributed by atoms with van der Waals surface area (Å²) >= 11 is 0. The molecule has 14 nitrogen and oxygen atoms in total. The van der Waals surface area contributed by atoms with E-state index in [1.165, 1.54) is 21.6 Å². The van der Waals surface area contributed by atoms with Crippen LogP contribution in [-0.4, -0.2) is 80.9 Å². The third-order valence-corrected chi connectivity index (χ3v) is 8.28. The molecule has 2 N–H and O–H groups in total. The summed E-state index contributed by atoms with van der Waals surface area (Å²) in [5, 5.41) is 24.8. The van der Waals surface area contributed by atoms with Crippen LogP contribution in [0.3, 0.4) is 0 Å². The molecule has 234 valence electrons. The molecule has 15 heteroatoms. The number of ether oxygens (including phenoxy) is 1. The highest BCUT2D eigenvalue weighted by molar-refractivity contribution is 5.95. The molecule has 3 atom stereocenters. The number of amides is 2. The number of benzene rings is 1. The number of carbonyl (C=O) groups is 2. The van der Waals surface area contributed by atoms with Gasteiger partial charge in [-0.05, 0) is 55.8 Å². The summed E-state index contributed by atoms with van der Waals surface area (Å²) < 4.78 is 21.5. The van der Waals surface area contributed by atoms with Gasteiger partial charge in [-0.25, -0.2) is 28.8 Å². The van der Waals surface area contributed by atoms with Gasteiger partial charge in [0, 0.05) is 55.1 Å². The van der Waals surface area contributed by atoms with Crippen LogP contribution in [-0.2, 0) is 12.1 Å². The predicted molar refractivity (Wildman–Crippen MR) is 159 cm³/mol. The third kappa shape index (κ3) is 5.74. The second-order valence-electron chi connectivity index (χ2n) is 11.8. The van der Waals surface area contributed by atoms with Crippen molar-refractivity contribution in [2.45, 2.75) is 32.0 Å². The molecular weight excluding hydrogens is 595 g/mol. The molecule has 1 aromatic carbocycles. The molecule has 1 saturated carbocycles. The van der Waals surface area contributed by atoms with Crippen molar-refractivity contribution in [3.63, 3.8) is 0 Å². The number of fused-ring (bicyclic) bond motifs is 1. The predicted octanol–water partition coefficient (Wildman–Crippen LogP) is 3.16. The highest BCUT2D eigenvalue weighted by atomic mass is 19.1. The Balaban J connectivity index is 1.09. The Hall–Kier alpha value is -5.73. The van der Waals surface area contributed by atoms with E-state index >= 15 is 0 Å². The topological polar surface area (TPSA) is 166 Å². The number of halogens is 1. The Kier molecular flexibility index (Phi) is 7.14. The normalized spacial score (nSPS) is 18.7. The van der Waals surface area contributed by atoms with Crippen molar-refractivity contribution in [3.8, 4) is 23.1 Å². The summed E-state index contributed by atoms with van der Waals surface area (Å²) in [6.45, 7) is 4.65. The average molecular weight is 625 g/mol. The molecule has 5 heterocycles. The van der Waals surface area contributed by atoms with Crippen molar-refractivity contribution in [1.29, 1.82) is 0 Å². The molecule has 1 aliphatic heterocycles. The number of aromatic nitrogens is 8. The van der Waals surface area contributed by atoms with Crippen LogP contribution in [0.1, 0.15) is 35.5 Å². The van der Waals surface area contributed by atoms with E-state index in [0.717, 1.165) is 0 Å². The Bertz CT molecular complexity index is 1880. The first-order valence-corrected chi connectivity index (χ1v) is 14.6. The second-order valence-corrected chi connectivity index (χ2v) is 11.8. The molecule has 2 aliphatic rings. The number of pyridine rings is 1. The zero-order valence-corrected chi connectivity index (χ0v) is 24.9. The van der Waals surface area contributed by atoms with Crippen molar-refractivity contribution in [2.75, 3.05) is 13.1 Å². The third-order valence-electron chi connectivity index (χ3n) is 8.28. The van der Waals surface area contributed by atoms with E-state index in [9.17, 15) is 19.1 Å². The number of piperidine rings is 1. The first-order chi connectivity index (χ1) is 22.1. The minimum atomic E-state index is -1.17. The van der Waals surface area contributed by atoms with Gasteiger partial charge < -0.3 is 20.1 Å². The lowest BCUT2D eigenvalue weighted by atomic mass is 9.93. The van der Waals surface area contributed by atoms with Crippen LogP contribution in [0.25, 0.3) is 17.2 Å². The maximum atomic E-state index is 13.8. The number of likely N-dealkylation sites (tertiary alicyclic amines) is 1. The van der Waals surface area contributed by atoms with E-state index in [1.54, 1.807) is 80.1 Å². The molecule has 1 saturated heterocycles. The van der Waals surface area contributed by atoms with E-state index in [1.807, 2.05) is 0 Å². The smallest absolute Gasteiger partial charge is 0.405 e. The fraction of sp³-hybridized carbons (Fsp3) is 0.290. The SMILES string of the molecule is CC(C)(NC(=O)O)c1cc(O[C@@H]2[C@@H]3CN(C(=O)c4cn(-c5ncccn5)nc4Cn4nccn4)C[C@@H]32)nc(-c2ccc(F)cc2)c1. The number of nitrogens with one attached hydrogen (secondary N) is 1. The van der Waals surface area contributed by atoms with Crippen LogP contribution < -0.4 is 10.1 Å². The molecule has 2 fully saturated rings. The molecular formula is C31H29FN10O4. The lowest BCUT2D eigenvalue weighted by Crippen LogP contribution is -2.40. The zero-order chi connectivity index (χ0) is 32.0. The molecule has 0 radical (unpaired) electrons. The van der Waals surface area contributed by atoms with Crippen molar-refractivity contribution >= 4 is 12.0 Å². The van der Waals surface area contributed by atoms with Gasteiger partial charge in [0.1, 0.15) is 18.5 Å². The number of nitrogens with zero attached hydrogens (tertiary/aromatic N) is 9. The standard InChI is InChI=1S/C31H29FN10O4/c1-31(2,38-30(44)45)19-12-24(18-4-6-20(32)7-5-18)37-26(13-19)46-27-21-14-40(15-22(21)27)28(43)23-16-41(29-33-8-3-9-34-29)39-25(23)17-42-35-10-11-36-42/h3-13,16,21-22,27,38H,14-15,17H2,1-2H3,(H,44,45)/t21-,22+,27-. The number of carboxylic acid groups (broad SMARTS) is 1. The van der Waals surface area contributed by atoms with Crippen molar-refractivity contribution < 1.29 is 23.8 Å². The lowest BCUT2D eigenvalue weighted by molar-refractivity contribution is 0.0750. The summed E-state index contributed by atoms with van der Waals surface area (Å²) in [5.41, 5.74) is 1.77. The number of hydrogen-bond acceptors (Lipinski definition) is 9. The van der Waals surface area contributed by atoms with Crippen LogP contribution in [0, 0.1) is 17.7 Å². The quantitative estimate of drug-likeness (QED) is 0.249. The first-order valence-electron chi connectivity index (χ1n) is 14.6. The van der Waals surface area contributed by atoms with Gasteiger partial charge in [-0.2, -0.15) is 20.1 Å². The highest BCUT2D eigenvalue weighted by Crippen LogP contribution is 2.48. The number of carbonyl (C=O) groups excluding carboxylic acids is 1. The minimum absolute atomic E-state index is 0.0950. The minimum Gasteiger partial charge on any atom is -0.474 e. The van der Waals surface area contributed by atoms with Crippen LogP contribution in [0.2, 0.25) is 0 Å². The zero-order valence-electron chi connectivity index (χ0n) is 24.9. The number of rotatable bonds is 9. The molecule has 7 rings (SSSR count). The Morgan fingerprint density at radius 1 is 1.04 bits per heavy atom. The van der Waals surface area contributed by atoms with Crippen LogP contribution >= 0.6 is 0 Å². The highest BCUT2D eigenvalue weighted by Gasteiger charge is 2.59. The maximum Gasteiger partial charge on any atom is 0.405 e. The van der Waals surface area contributed by atoms with E-state index < -0.39 is 11.6 Å². The fourth-order valence-corrected chi connectivity index (χ4v) is 5.83. The number of hydrogen-bond donors (Lipinski definition) is 2. The van der Waals surface area contributed by atoms with E-state index in [0.29, 0.717) is 53.0 Å². The molecule has 4 aromatic heterocycles. The van der Waals surface area contributed by atoms with Gasteiger partial charge in [-0.3, -0.25) is 4.79 Å². The average Bonchev–Trinajstić information content (AvgIpc) is 3.54. The lowest BCUT2D eigenvalue weighted by Gasteiger charge is -2.26. The second kappa shape index (κ2) is 11.3. The molecule has 0 bridgehead atoms. The van der Waals surface area contributed by atoms with Gasteiger partial charge in [-0.1, -0.05) is 0 Å². The van der Waals surface area contributed by atoms with Crippen molar-refractivity contribution in [2.24, 2.45) is 11.8 Å². The summed E-state index contributed by atoms with van der Waals surface area (Å²) in [7, 11) is 0.